The Labute approximate surface area is 159 Å². The zero-order chi connectivity index (χ0) is 20.6. The Balaban J connectivity index is 1.71. The number of hydrogen-bond acceptors (Lipinski definition) is 4. The minimum absolute atomic E-state index is 0.00657. The van der Waals surface area contributed by atoms with Crippen LogP contribution in [0.3, 0.4) is 0 Å². The first-order valence-electron chi connectivity index (χ1n) is 8.52. The van der Waals surface area contributed by atoms with E-state index in [4.69, 9.17) is 9.52 Å². The zero-order valence-corrected chi connectivity index (χ0v) is 15.2. The Bertz CT molecular complexity index is 936. The van der Waals surface area contributed by atoms with Gasteiger partial charge in [-0.2, -0.15) is 0 Å². The zero-order valence-electron chi connectivity index (χ0n) is 15.2. The van der Waals surface area contributed by atoms with Gasteiger partial charge in [0.1, 0.15) is 34.6 Å². The Kier molecular flexibility index (Phi) is 5.17. The highest BCUT2D eigenvalue weighted by Crippen LogP contribution is 2.28. The lowest BCUT2D eigenvalue weighted by Crippen LogP contribution is -2.37. The molecule has 2 heterocycles. The van der Waals surface area contributed by atoms with Crippen molar-refractivity contribution in [3.8, 4) is 0 Å². The van der Waals surface area contributed by atoms with Crippen LogP contribution in [0.25, 0.3) is 0 Å². The third-order valence-electron chi connectivity index (χ3n) is 4.63. The summed E-state index contributed by atoms with van der Waals surface area (Å²) in [5, 5.41) is 9.06. The van der Waals surface area contributed by atoms with Crippen LogP contribution in [0.4, 0.5) is 14.5 Å². The van der Waals surface area contributed by atoms with E-state index >= 15 is 0 Å². The number of furan rings is 1. The van der Waals surface area contributed by atoms with Gasteiger partial charge in [-0.05, 0) is 31.5 Å². The van der Waals surface area contributed by atoms with Crippen molar-refractivity contribution in [2.24, 2.45) is 5.92 Å². The number of anilines is 1. The van der Waals surface area contributed by atoms with E-state index in [1.165, 1.54) is 29.8 Å². The van der Waals surface area contributed by atoms with Gasteiger partial charge in [0.05, 0.1) is 6.54 Å². The summed E-state index contributed by atoms with van der Waals surface area (Å²) in [7, 11) is 1.47. The molecule has 28 heavy (non-hydrogen) atoms. The summed E-state index contributed by atoms with van der Waals surface area (Å²) in [6, 6.07) is 4.12. The summed E-state index contributed by atoms with van der Waals surface area (Å²) in [4.78, 5) is 38.8. The molecule has 1 N–H and O–H groups in total. The van der Waals surface area contributed by atoms with Crippen molar-refractivity contribution in [1.29, 1.82) is 0 Å². The average molecular weight is 392 g/mol. The van der Waals surface area contributed by atoms with Gasteiger partial charge in [-0.25, -0.2) is 13.6 Å². The number of carbonyl (C=O) groups excluding carboxylic acids is 2. The highest BCUT2D eigenvalue weighted by atomic mass is 19.1. The first kappa shape index (κ1) is 19.5. The van der Waals surface area contributed by atoms with Crippen LogP contribution in [0.5, 0.6) is 0 Å². The molecular weight excluding hydrogens is 374 g/mol. The summed E-state index contributed by atoms with van der Waals surface area (Å²) < 4.78 is 32.2. The molecule has 7 nitrogen and oxygen atoms in total. The quantitative estimate of drug-likeness (QED) is 0.790. The lowest BCUT2D eigenvalue weighted by atomic mass is 10.1. The molecule has 1 aromatic heterocycles. The van der Waals surface area contributed by atoms with Crippen molar-refractivity contribution < 1.29 is 32.7 Å². The van der Waals surface area contributed by atoms with E-state index in [0.29, 0.717) is 6.07 Å². The Morgan fingerprint density at radius 3 is 2.46 bits per heavy atom. The second kappa shape index (κ2) is 7.41. The van der Waals surface area contributed by atoms with Gasteiger partial charge >= 0.3 is 5.97 Å². The standard InChI is InChI=1S/C19H18F2N2O5/c1-10-16(19(26)27)8-14(28-10)9-22(2)17(24)15-3-4-23(18(15)25)13-6-11(20)5-12(21)7-13/h5-8,15H,3-4,9H2,1-2H3,(H,26,27). The smallest absolute Gasteiger partial charge is 0.339 e. The van der Waals surface area contributed by atoms with Gasteiger partial charge in [0, 0.05) is 25.3 Å². The molecule has 0 aliphatic carbocycles. The number of halogens is 2. The van der Waals surface area contributed by atoms with Gasteiger partial charge in [-0.3, -0.25) is 9.59 Å². The number of nitrogens with zero attached hydrogens (tertiary/aromatic N) is 2. The Morgan fingerprint density at radius 2 is 1.89 bits per heavy atom. The van der Waals surface area contributed by atoms with E-state index in [1.807, 2.05) is 0 Å². The predicted molar refractivity (Wildman–Crippen MR) is 93.7 cm³/mol. The van der Waals surface area contributed by atoms with Crippen LogP contribution >= 0.6 is 0 Å². The summed E-state index contributed by atoms with van der Waals surface area (Å²) in [5.41, 5.74) is 0.0697. The lowest BCUT2D eigenvalue weighted by Gasteiger charge is -2.20. The number of aromatic carboxylic acids is 1. The normalized spacial score (nSPS) is 16.5. The molecular formula is C19H18F2N2O5. The molecule has 1 unspecified atom stereocenters. The number of hydrogen-bond donors (Lipinski definition) is 1. The molecule has 0 radical (unpaired) electrons. The van der Waals surface area contributed by atoms with Crippen LogP contribution in [0, 0.1) is 24.5 Å². The molecule has 1 saturated heterocycles. The highest BCUT2D eigenvalue weighted by Gasteiger charge is 2.39. The van der Waals surface area contributed by atoms with Gasteiger partial charge in [-0.1, -0.05) is 0 Å². The van der Waals surface area contributed by atoms with Crippen LogP contribution in [0.2, 0.25) is 0 Å². The average Bonchev–Trinajstić information content (AvgIpc) is 3.16. The minimum atomic E-state index is -1.13. The number of carboxylic acid groups (broad SMARTS) is 1. The minimum Gasteiger partial charge on any atom is -0.478 e. The summed E-state index contributed by atoms with van der Waals surface area (Å²) >= 11 is 0. The topological polar surface area (TPSA) is 91.1 Å². The molecule has 1 aromatic carbocycles. The monoisotopic (exact) mass is 392 g/mol. The Morgan fingerprint density at radius 1 is 1.25 bits per heavy atom. The first-order valence-corrected chi connectivity index (χ1v) is 8.52. The van der Waals surface area contributed by atoms with Crippen LogP contribution in [0.15, 0.2) is 28.7 Å². The summed E-state index contributed by atoms with van der Waals surface area (Å²) in [5.74, 6) is -4.25. The molecule has 2 aromatic rings. The van der Waals surface area contributed by atoms with Gasteiger partial charge < -0.3 is 19.3 Å². The second-order valence-electron chi connectivity index (χ2n) is 6.64. The van der Waals surface area contributed by atoms with Crippen molar-refractivity contribution in [2.45, 2.75) is 19.9 Å². The van der Waals surface area contributed by atoms with Crippen molar-refractivity contribution in [1.82, 2.24) is 4.90 Å². The number of carboxylic acids is 1. The Hall–Kier alpha value is -3.23. The number of amides is 2. The van der Waals surface area contributed by atoms with E-state index in [1.54, 1.807) is 0 Å². The maximum absolute atomic E-state index is 13.4. The van der Waals surface area contributed by atoms with Gasteiger partial charge in [0.2, 0.25) is 11.8 Å². The molecule has 3 rings (SSSR count). The molecule has 148 valence electrons. The second-order valence-corrected chi connectivity index (χ2v) is 6.64. The van der Waals surface area contributed by atoms with Crippen molar-refractivity contribution in [3.05, 3.63) is 53.0 Å². The maximum atomic E-state index is 13.4. The summed E-state index contributed by atoms with van der Waals surface area (Å²) in [6.07, 6.45) is 0.206. The number of carbonyl (C=O) groups is 3. The van der Waals surface area contributed by atoms with Crippen molar-refractivity contribution in [3.63, 3.8) is 0 Å². The van der Waals surface area contributed by atoms with E-state index in [-0.39, 0.29) is 42.3 Å². The fraction of sp³-hybridized carbons (Fsp3) is 0.316. The van der Waals surface area contributed by atoms with E-state index in [2.05, 4.69) is 0 Å². The molecule has 1 fully saturated rings. The third kappa shape index (κ3) is 3.73. The fourth-order valence-electron chi connectivity index (χ4n) is 3.27. The van der Waals surface area contributed by atoms with Gasteiger partial charge in [0.15, 0.2) is 0 Å². The highest BCUT2D eigenvalue weighted by molar-refractivity contribution is 6.09. The molecule has 1 atom stereocenters. The molecule has 0 saturated carbocycles. The van der Waals surface area contributed by atoms with E-state index in [0.717, 1.165) is 12.1 Å². The molecule has 0 spiro atoms. The van der Waals surface area contributed by atoms with Gasteiger partial charge in [0.25, 0.3) is 0 Å². The molecule has 2 amide bonds. The third-order valence-corrected chi connectivity index (χ3v) is 4.63. The van der Waals surface area contributed by atoms with Crippen LogP contribution in [0.1, 0.15) is 28.3 Å². The summed E-state index contributed by atoms with van der Waals surface area (Å²) in [6.45, 7) is 1.66. The first-order chi connectivity index (χ1) is 13.2. The number of benzene rings is 1. The SMILES string of the molecule is Cc1oc(CN(C)C(=O)C2CCN(c3cc(F)cc(F)c3)C2=O)cc1C(=O)O. The predicted octanol–water partition coefficient (Wildman–Crippen LogP) is 2.58. The lowest BCUT2D eigenvalue weighted by molar-refractivity contribution is -0.139. The molecule has 1 aliphatic heterocycles. The van der Waals surface area contributed by atoms with E-state index in [9.17, 15) is 23.2 Å². The number of aryl methyl sites for hydroxylation is 1. The van der Waals surface area contributed by atoms with Crippen molar-refractivity contribution >= 4 is 23.5 Å². The largest absolute Gasteiger partial charge is 0.478 e. The van der Waals surface area contributed by atoms with E-state index < -0.39 is 35.3 Å². The maximum Gasteiger partial charge on any atom is 0.339 e. The molecule has 0 bridgehead atoms. The molecule has 1 aliphatic rings. The molecule has 9 heteroatoms. The van der Waals surface area contributed by atoms with Gasteiger partial charge in [-0.15, -0.1) is 0 Å². The van der Waals surface area contributed by atoms with Crippen LogP contribution < -0.4 is 4.90 Å². The van der Waals surface area contributed by atoms with Crippen molar-refractivity contribution in [2.75, 3.05) is 18.5 Å². The van der Waals surface area contributed by atoms with Crippen LogP contribution in [-0.2, 0) is 16.1 Å². The van der Waals surface area contributed by atoms with Crippen LogP contribution in [-0.4, -0.2) is 41.4 Å². The fourth-order valence-corrected chi connectivity index (χ4v) is 3.27. The number of rotatable bonds is 5.